The molecule has 0 saturated carbocycles. The van der Waals surface area contributed by atoms with E-state index < -0.39 is 17.6 Å². The van der Waals surface area contributed by atoms with Gasteiger partial charge >= 0.3 is 17.6 Å². The largest absolute Gasteiger partial charge is 0.465 e. The molecule has 7 heteroatoms. The maximum atomic E-state index is 11.9. The van der Waals surface area contributed by atoms with Crippen molar-refractivity contribution in [2.24, 2.45) is 0 Å². The Morgan fingerprint density at radius 1 is 1.14 bits per heavy atom. The number of carbonyl (C=O) groups excluding carboxylic acids is 2. The van der Waals surface area contributed by atoms with Gasteiger partial charge < -0.3 is 14.0 Å². The Kier molecular flexibility index (Phi) is 3.84. The lowest BCUT2D eigenvalue weighted by Crippen LogP contribution is -2.10. The molecular formula is C14H15NO6. The first-order chi connectivity index (χ1) is 9.90. The first-order valence-corrected chi connectivity index (χ1v) is 6.27. The quantitative estimate of drug-likeness (QED) is 0.801. The third-order valence-corrected chi connectivity index (χ3v) is 3.03. The van der Waals surface area contributed by atoms with E-state index in [-0.39, 0.29) is 22.6 Å². The molecule has 2 rings (SSSR count). The van der Waals surface area contributed by atoms with Crippen molar-refractivity contribution in [2.75, 3.05) is 14.2 Å². The number of ether oxygens (including phenoxy) is 2. The monoisotopic (exact) mass is 293 g/mol. The lowest BCUT2D eigenvalue weighted by atomic mass is 10.1. The highest BCUT2D eigenvalue weighted by molar-refractivity contribution is 6.06. The zero-order valence-electron chi connectivity index (χ0n) is 12.1. The number of rotatable bonds is 3. The SMILES string of the molecule is COC(=O)c1cc(C(=O)OC)c2c(c1)c(=O)on2C(C)C. The number of hydrogen-bond acceptors (Lipinski definition) is 6. The number of carbonyl (C=O) groups is 2. The molecule has 0 N–H and O–H groups in total. The first kappa shape index (κ1) is 14.8. The van der Waals surface area contributed by atoms with Crippen LogP contribution in [0.25, 0.3) is 10.9 Å². The summed E-state index contributed by atoms with van der Waals surface area (Å²) in [6.45, 7) is 3.61. The summed E-state index contributed by atoms with van der Waals surface area (Å²) < 4.78 is 15.8. The van der Waals surface area contributed by atoms with Crippen LogP contribution >= 0.6 is 0 Å². The van der Waals surface area contributed by atoms with Gasteiger partial charge in [0, 0.05) is 0 Å². The number of esters is 2. The minimum Gasteiger partial charge on any atom is -0.465 e. The molecule has 21 heavy (non-hydrogen) atoms. The van der Waals surface area contributed by atoms with Crippen LogP contribution < -0.4 is 5.63 Å². The molecule has 0 aliphatic carbocycles. The normalized spacial score (nSPS) is 10.9. The van der Waals surface area contributed by atoms with Gasteiger partial charge in [-0.15, -0.1) is 0 Å². The van der Waals surface area contributed by atoms with Crippen LogP contribution in [0.1, 0.15) is 40.6 Å². The van der Waals surface area contributed by atoms with E-state index in [1.54, 1.807) is 13.8 Å². The fraction of sp³-hybridized carbons (Fsp3) is 0.357. The summed E-state index contributed by atoms with van der Waals surface area (Å²) in [5, 5.41) is 0.131. The summed E-state index contributed by atoms with van der Waals surface area (Å²) >= 11 is 0. The fourth-order valence-corrected chi connectivity index (χ4v) is 2.08. The Balaban J connectivity index is 2.89. The van der Waals surface area contributed by atoms with Gasteiger partial charge in [-0.25, -0.2) is 19.1 Å². The molecular weight excluding hydrogens is 278 g/mol. The molecule has 1 heterocycles. The maximum absolute atomic E-state index is 11.9. The Bertz CT molecular complexity index is 768. The van der Waals surface area contributed by atoms with Gasteiger partial charge in [-0.3, -0.25) is 0 Å². The van der Waals surface area contributed by atoms with Gasteiger partial charge in [0.2, 0.25) is 0 Å². The van der Waals surface area contributed by atoms with E-state index in [9.17, 15) is 14.4 Å². The van der Waals surface area contributed by atoms with Crippen LogP contribution in [-0.4, -0.2) is 30.9 Å². The van der Waals surface area contributed by atoms with E-state index in [0.717, 1.165) is 0 Å². The Morgan fingerprint density at radius 3 is 2.29 bits per heavy atom. The van der Waals surface area contributed by atoms with Crippen LogP contribution in [0.2, 0.25) is 0 Å². The fourth-order valence-electron chi connectivity index (χ4n) is 2.08. The smallest absolute Gasteiger partial charge is 0.365 e. The highest BCUT2D eigenvalue weighted by atomic mass is 16.5. The van der Waals surface area contributed by atoms with E-state index in [0.29, 0.717) is 5.52 Å². The van der Waals surface area contributed by atoms with Gasteiger partial charge in [0.25, 0.3) is 0 Å². The highest BCUT2D eigenvalue weighted by Gasteiger charge is 2.23. The summed E-state index contributed by atoms with van der Waals surface area (Å²) in [7, 11) is 2.43. The Morgan fingerprint density at radius 2 is 1.76 bits per heavy atom. The molecule has 0 bridgehead atoms. The van der Waals surface area contributed by atoms with Crippen LogP contribution in [0.15, 0.2) is 21.5 Å². The van der Waals surface area contributed by atoms with Crippen molar-refractivity contribution in [3.8, 4) is 0 Å². The topological polar surface area (TPSA) is 87.7 Å². The standard InChI is InChI=1S/C14H15NO6/c1-7(2)15-11-9(13(17)20-4)5-8(12(16)19-3)6-10(11)14(18)21-15/h5-7H,1-4H3. The number of fused-ring (bicyclic) bond motifs is 1. The summed E-state index contributed by atoms with van der Waals surface area (Å²) in [5.74, 6) is -1.32. The van der Waals surface area contributed by atoms with Crippen molar-refractivity contribution in [1.29, 1.82) is 0 Å². The third kappa shape index (κ3) is 2.42. The number of aromatic nitrogens is 1. The van der Waals surface area contributed by atoms with Crippen LogP contribution in [0, 0.1) is 0 Å². The van der Waals surface area contributed by atoms with E-state index in [1.807, 2.05) is 0 Å². The number of benzene rings is 1. The summed E-state index contributed by atoms with van der Waals surface area (Å²) in [4.78, 5) is 35.5. The molecule has 1 aromatic heterocycles. The number of hydrogen-bond donors (Lipinski definition) is 0. The van der Waals surface area contributed by atoms with Gasteiger partial charge in [0.05, 0.1) is 36.8 Å². The summed E-state index contributed by atoms with van der Waals surface area (Å²) in [6.07, 6.45) is 0. The van der Waals surface area contributed by atoms with Gasteiger partial charge in [0.1, 0.15) is 5.52 Å². The van der Waals surface area contributed by atoms with Crippen molar-refractivity contribution in [3.63, 3.8) is 0 Å². The van der Waals surface area contributed by atoms with E-state index in [4.69, 9.17) is 9.26 Å². The minimum atomic E-state index is -0.666. The Hall–Kier alpha value is -2.57. The molecule has 0 aliphatic rings. The highest BCUT2D eigenvalue weighted by Crippen LogP contribution is 2.24. The van der Waals surface area contributed by atoms with Crippen molar-refractivity contribution in [1.82, 2.24) is 4.74 Å². The van der Waals surface area contributed by atoms with Crippen molar-refractivity contribution >= 4 is 22.8 Å². The lowest BCUT2D eigenvalue weighted by molar-refractivity contribution is 0.0600. The zero-order chi connectivity index (χ0) is 15.7. The second-order valence-electron chi connectivity index (χ2n) is 4.70. The van der Waals surface area contributed by atoms with E-state index in [2.05, 4.69) is 4.74 Å². The van der Waals surface area contributed by atoms with Gasteiger partial charge in [0.15, 0.2) is 0 Å². The van der Waals surface area contributed by atoms with Crippen molar-refractivity contribution < 1.29 is 23.6 Å². The summed E-state index contributed by atoms with van der Waals surface area (Å²) in [6, 6.07) is 2.49. The molecule has 0 amide bonds. The zero-order valence-corrected chi connectivity index (χ0v) is 12.1. The third-order valence-electron chi connectivity index (χ3n) is 3.03. The first-order valence-electron chi connectivity index (χ1n) is 6.27. The predicted octanol–water partition coefficient (Wildman–Crippen LogP) is 1.75. The van der Waals surface area contributed by atoms with Gasteiger partial charge in [-0.1, -0.05) is 0 Å². The van der Waals surface area contributed by atoms with Crippen molar-refractivity contribution in [2.45, 2.75) is 19.9 Å². The van der Waals surface area contributed by atoms with Gasteiger partial charge in [-0.05, 0) is 26.0 Å². The average Bonchev–Trinajstić information content (AvgIpc) is 2.82. The predicted molar refractivity (Wildman–Crippen MR) is 73.5 cm³/mol. The summed E-state index contributed by atoms with van der Waals surface area (Å²) in [5.41, 5.74) is -0.168. The second kappa shape index (κ2) is 5.43. The maximum Gasteiger partial charge on any atom is 0.365 e. The molecule has 0 saturated heterocycles. The Labute approximate surface area is 120 Å². The average molecular weight is 293 g/mol. The molecule has 0 atom stereocenters. The number of nitrogens with zero attached hydrogens (tertiary/aromatic N) is 1. The second-order valence-corrected chi connectivity index (χ2v) is 4.70. The van der Waals surface area contributed by atoms with E-state index in [1.165, 1.54) is 31.1 Å². The van der Waals surface area contributed by atoms with Crippen LogP contribution in [-0.2, 0) is 9.47 Å². The van der Waals surface area contributed by atoms with Crippen molar-refractivity contribution in [3.05, 3.63) is 33.7 Å². The lowest BCUT2D eigenvalue weighted by Gasteiger charge is -2.09. The molecule has 7 nitrogen and oxygen atoms in total. The molecule has 112 valence electrons. The molecule has 0 spiro atoms. The van der Waals surface area contributed by atoms with Crippen LogP contribution in [0.3, 0.4) is 0 Å². The van der Waals surface area contributed by atoms with Gasteiger partial charge in [-0.2, -0.15) is 0 Å². The van der Waals surface area contributed by atoms with Crippen LogP contribution in [0.4, 0.5) is 0 Å². The minimum absolute atomic E-state index is 0.0787. The molecule has 0 aliphatic heterocycles. The molecule has 0 radical (unpaired) electrons. The molecule has 1 aromatic carbocycles. The molecule has 0 unspecified atom stereocenters. The molecule has 2 aromatic rings. The number of methoxy groups -OCH3 is 2. The van der Waals surface area contributed by atoms with E-state index >= 15 is 0 Å². The molecule has 0 fully saturated rings. The van der Waals surface area contributed by atoms with Crippen LogP contribution in [0.5, 0.6) is 0 Å².